The fourth-order valence-corrected chi connectivity index (χ4v) is 2.24. The van der Waals surface area contributed by atoms with Crippen LogP contribution >= 0.6 is 31.9 Å². The third-order valence-corrected chi connectivity index (χ3v) is 4.41. The van der Waals surface area contributed by atoms with Crippen molar-refractivity contribution >= 4 is 31.9 Å². The maximum atomic E-state index is 8.94. The first-order chi connectivity index (χ1) is 6.22. The Hall–Kier alpha value is 0.140. The molecule has 0 bridgehead atoms. The van der Waals surface area contributed by atoms with Gasteiger partial charge in [-0.1, -0.05) is 6.07 Å². The SMILES string of the molecule is OC[C@@H]1C[C@H]1c1ccc(Br)c(Br)c1. The molecule has 1 aromatic rings. The van der Waals surface area contributed by atoms with Crippen LogP contribution in [0.1, 0.15) is 17.9 Å². The van der Waals surface area contributed by atoms with Gasteiger partial charge < -0.3 is 5.11 Å². The Balaban J connectivity index is 2.19. The predicted molar refractivity (Wildman–Crippen MR) is 59.8 cm³/mol. The van der Waals surface area contributed by atoms with Gasteiger partial charge in [-0.2, -0.15) is 0 Å². The lowest BCUT2D eigenvalue weighted by Gasteiger charge is -2.01. The third kappa shape index (κ3) is 1.97. The molecule has 0 saturated heterocycles. The Bertz CT molecular complexity index is 325. The van der Waals surface area contributed by atoms with Gasteiger partial charge in [-0.25, -0.2) is 0 Å². The molecule has 0 aliphatic heterocycles. The Kier molecular flexibility index (Phi) is 2.77. The van der Waals surface area contributed by atoms with Crippen LogP contribution in [0.3, 0.4) is 0 Å². The van der Waals surface area contributed by atoms with E-state index in [4.69, 9.17) is 5.11 Å². The molecule has 0 spiro atoms. The summed E-state index contributed by atoms with van der Waals surface area (Å²) in [5.74, 6) is 1.07. The van der Waals surface area contributed by atoms with E-state index in [2.05, 4.69) is 44.0 Å². The highest BCUT2D eigenvalue weighted by atomic mass is 79.9. The number of rotatable bonds is 2. The van der Waals surface area contributed by atoms with Crippen LogP contribution in [0, 0.1) is 5.92 Å². The largest absolute Gasteiger partial charge is 0.396 e. The fraction of sp³-hybridized carbons (Fsp3) is 0.400. The molecular weight excluding hydrogens is 296 g/mol. The molecule has 2 rings (SSSR count). The summed E-state index contributed by atoms with van der Waals surface area (Å²) < 4.78 is 2.17. The molecule has 0 amide bonds. The van der Waals surface area contributed by atoms with Gasteiger partial charge in [0.2, 0.25) is 0 Å². The second-order valence-corrected chi connectivity index (χ2v) is 5.17. The van der Waals surface area contributed by atoms with E-state index in [-0.39, 0.29) is 0 Å². The lowest BCUT2D eigenvalue weighted by Crippen LogP contribution is -1.88. The van der Waals surface area contributed by atoms with E-state index in [0.29, 0.717) is 18.4 Å². The molecule has 1 aromatic carbocycles. The van der Waals surface area contributed by atoms with Crippen molar-refractivity contribution in [3.8, 4) is 0 Å². The van der Waals surface area contributed by atoms with Gasteiger partial charge in [-0.05, 0) is 67.8 Å². The van der Waals surface area contributed by atoms with Gasteiger partial charge in [-0.15, -0.1) is 0 Å². The summed E-state index contributed by atoms with van der Waals surface area (Å²) >= 11 is 6.91. The Morgan fingerprint density at radius 2 is 2.08 bits per heavy atom. The maximum Gasteiger partial charge on any atom is 0.0465 e. The van der Waals surface area contributed by atoms with Gasteiger partial charge in [0.1, 0.15) is 0 Å². The van der Waals surface area contributed by atoms with E-state index in [0.717, 1.165) is 15.4 Å². The Morgan fingerprint density at radius 3 is 2.62 bits per heavy atom. The van der Waals surface area contributed by atoms with Crippen LogP contribution in [0.5, 0.6) is 0 Å². The van der Waals surface area contributed by atoms with E-state index in [1.54, 1.807) is 0 Å². The molecule has 1 aliphatic rings. The van der Waals surface area contributed by atoms with Crippen LogP contribution in [0.15, 0.2) is 27.1 Å². The van der Waals surface area contributed by atoms with E-state index < -0.39 is 0 Å². The molecule has 1 saturated carbocycles. The molecule has 3 heteroatoms. The molecule has 0 aromatic heterocycles. The first-order valence-corrected chi connectivity index (χ1v) is 5.86. The van der Waals surface area contributed by atoms with Crippen molar-refractivity contribution in [3.63, 3.8) is 0 Å². The highest BCUT2D eigenvalue weighted by Crippen LogP contribution is 2.47. The van der Waals surface area contributed by atoms with Gasteiger partial charge in [0, 0.05) is 15.6 Å². The number of halogens is 2. The lowest BCUT2D eigenvalue weighted by atomic mass is 10.1. The van der Waals surface area contributed by atoms with Gasteiger partial charge in [-0.3, -0.25) is 0 Å². The molecule has 0 heterocycles. The molecule has 1 N–H and O–H groups in total. The minimum atomic E-state index is 0.318. The van der Waals surface area contributed by atoms with E-state index in [1.165, 1.54) is 5.56 Å². The fourth-order valence-electron chi connectivity index (χ4n) is 1.60. The van der Waals surface area contributed by atoms with Crippen molar-refractivity contribution in [1.82, 2.24) is 0 Å². The highest BCUT2D eigenvalue weighted by molar-refractivity contribution is 9.13. The minimum Gasteiger partial charge on any atom is -0.396 e. The number of aliphatic hydroxyl groups excluding tert-OH is 1. The van der Waals surface area contributed by atoms with E-state index >= 15 is 0 Å². The molecule has 1 nitrogen and oxygen atoms in total. The summed E-state index contributed by atoms with van der Waals surface area (Å²) in [6.45, 7) is 0.318. The minimum absolute atomic E-state index is 0.318. The summed E-state index contributed by atoms with van der Waals surface area (Å²) in [7, 11) is 0. The molecule has 70 valence electrons. The van der Waals surface area contributed by atoms with Crippen LogP contribution in [-0.4, -0.2) is 11.7 Å². The zero-order valence-electron chi connectivity index (χ0n) is 7.00. The van der Waals surface area contributed by atoms with Crippen LogP contribution in [0.25, 0.3) is 0 Å². The normalized spacial score (nSPS) is 26.1. The smallest absolute Gasteiger partial charge is 0.0465 e. The van der Waals surface area contributed by atoms with Crippen LogP contribution in [-0.2, 0) is 0 Å². The van der Waals surface area contributed by atoms with Crippen molar-refractivity contribution in [2.24, 2.45) is 5.92 Å². The van der Waals surface area contributed by atoms with E-state index in [1.807, 2.05) is 6.07 Å². The average molecular weight is 306 g/mol. The summed E-state index contributed by atoms with van der Waals surface area (Å²) in [6, 6.07) is 6.30. The molecule has 0 unspecified atom stereocenters. The van der Waals surface area contributed by atoms with Crippen LogP contribution in [0.4, 0.5) is 0 Å². The molecule has 1 aliphatic carbocycles. The Labute approximate surface area is 94.4 Å². The average Bonchev–Trinajstić information content (AvgIpc) is 2.88. The van der Waals surface area contributed by atoms with E-state index in [9.17, 15) is 0 Å². The van der Waals surface area contributed by atoms with Gasteiger partial charge in [0.25, 0.3) is 0 Å². The predicted octanol–water partition coefficient (Wildman–Crippen LogP) is 3.31. The summed E-state index contributed by atoms with van der Waals surface area (Å²) in [4.78, 5) is 0. The topological polar surface area (TPSA) is 20.2 Å². The van der Waals surface area contributed by atoms with Crippen molar-refractivity contribution < 1.29 is 5.11 Å². The molecule has 13 heavy (non-hydrogen) atoms. The molecular formula is C10H10Br2O. The quantitative estimate of drug-likeness (QED) is 0.889. The van der Waals surface area contributed by atoms with Crippen molar-refractivity contribution in [1.29, 1.82) is 0 Å². The maximum absolute atomic E-state index is 8.94. The molecule has 1 fully saturated rings. The summed E-state index contributed by atoms with van der Waals surface area (Å²) in [6.07, 6.45) is 1.13. The highest BCUT2D eigenvalue weighted by Gasteiger charge is 2.37. The standard InChI is InChI=1S/C10H10Br2O/c11-9-2-1-6(4-10(9)12)8-3-7(8)5-13/h1-2,4,7-8,13H,3,5H2/t7-,8-/m0/s1. The van der Waals surface area contributed by atoms with Crippen molar-refractivity contribution in [2.45, 2.75) is 12.3 Å². The number of aliphatic hydroxyl groups is 1. The van der Waals surface area contributed by atoms with Crippen molar-refractivity contribution in [3.05, 3.63) is 32.7 Å². The van der Waals surface area contributed by atoms with Gasteiger partial charge >= 0.3 is 0 Å². The van der Waals surface area contributed by atoms with Gasteiger partial charge in [0.05, 0.1) is 0 Å². The lowest BCUT2D eigenvalue weighted by molar-refractivity contribution is 0.274. The number of hydrogen-bond acceptors (Lipinski definition) is 1. The van der Waals surface area contributed by atoms with Crippen LogP contribution in [0.2, 0.25) is 0 Å². The third-order valence-electron chi connectivity index (χ3n) is 2.53. The second-order valence-electron chi connectivity index (χ2n) is 3.46. The van der Waals surface area contributed by atoms with Gasteiger partial charge in [0.15, 0.2) is 0 Å². The summed E-state index contributed by atoms with van der Waals surface area (Å²) in [5.41, 5.74) is 1.33. The monoisotopic (exact) mass is 304 g/mol. The van der Waals surface area contributed by atoms with Crippen LogP contribution < -0.4 is 0 Å². The first-order valence-electron chi connectivity index (χ1n) is 4.28. The molecule has 2 atom stereocenters. The number of benzene rings is 1. The van der Waals surface area contributed by atoms with Crippen molar-refractivity contribution in [2.75, 3.05) is 6.61 Å². The Morgan fingerprint density at radius 1 is 1.31 bits per heavy atom. The second kappa shape index (κ2) is 3.71. The zero-order valence-corrected chi connectivity index (χ0v) is 10.2. The number of hydrogen-bond donors (Lipinski definition) is 1. The molecule has 0 radical (unpaired) electrons. The summed E-state index contributed by atoms with van der Waals surface area (Å²) in [5, 5.41) is 8.94. The zero-order chi connectivity index (χ0) is 9.42. The first kappa shape index (κ1) is 9.69.